The fourth-order valence-electron chi connectivity index (χ4n) is 1.03. The van der Waals surface area contributed by atoms with Crippen molar-refractivity contribution in [2.75, 3.05) is 13.7 Å². The van der Waals surface area contributed by atoms with Crippen molar-refractivity contribution in [2.24, 2.45) is 0 Å². The topological polar surface area (TPSA) is 53.3 Å². The maximum absolute atomic E-state index is 12.0. The molecule has 0 rings (SSSR count). The third kappa shape index (κ3) is 4.79. The first-order chi connectivity index (χ1) is 6.98. The van der Waals surface area contributed by atoms with Crippen LogP contribution in [0.5, 0.6) is 0 Å². The van der Waals surface area contributed by atoms with Gasteiger partial charge in [0, 0.05) is 6.04 Å². The molecule has 0 aromatic carbocycles. The highest BCUT2D eigenvalue weighted by atomic mass is 31.2. The summed E-state index contributed by atoms with van der Waals surface area (Å²) in [6, 6.07) is 0.0432. The molecule has 88 valence electrons. The Morgan fingerprint density at radius 2 is 2.07 bits per heavy atom. The van der Waals surface area contributed by atoms with Gasteiger partial charge in [0.25, 0.3) is 0 Å². The van der Waals surface area contributed by atoms with Crippen molar-refractivity contribution >= 4 is 7.52 Å². The summed E-state index contributed by atoms with van der Waals surface area (Å²) in [5, 5.41) is 8.88. The van der Waals surface area contributed by atoms with Crippen molar-refractivity contribution < 1.29 is 9.09 Å². The summed E-state index contributed by atoms with van der Waals surface area (Å²) in [4.78, 5) is 0. The van der Waals surface area contributed by atoms with Crippen LogP contribution in [0.3, 0.4) is 0 Å². The van der Waals surface area contributed by atoms with Crippen LogP contribution in [0, 0.1) is 11.1 Å². The molecule has 0 saturated heterocycles. The van der Waals surface area contributed by atoms with E-state index in [1.54, 1.807) is 12.9 Å². The average Bonchev–Trinajstić information content (AvgIpc) is 2.23. The second-order valence-corrected chi connectivity index (χ2v) is 5.96. The van der Waals surface area contributed by atoms with Gasteiger partial charge in [0.1, 0.15) is 0 Å². The number of hydrogen-bond donors (Lipinski definition) is 0. The zero-order valence-electron chi connectivity index (χ0n) is 10.1. The molecule has 0 heterocycles. The number of nitriles is 1. The van der Waals surface area contributed by atoms with Gasteiger partial charge in [-0.05, 0) is 27.3 Å². The molecule has 0 saturated carbocycles. The molecule has 1 unspecified atom stereocenters. The van der Waals surface area contributed by atoms with Gasteiger partial charge in [-0.3, -0.25) is 4.57 Å². The predicted octanol–water partition coefficient (Wildman–Crippen LogP) is 3.21. The second-order valence-electron chi connectivity index (χ2n) is 3.83. The van der Waals surface area contributed by atoms with Crippen LogP contribution in [0.4, 0.5) is 0 Å². The Kier molecular flexibility index (Phi) is 6.84. The minimum atomic E-state index is -3.25. The Hall–Kier alpha value is -0.360. The van der Waals surface area contributed by atoms with Crippen LogP contribution in [0.1, 0.15) is 40.0 Å². The van der Waals surface area contributed by atoms with Gasteiger partial charge >= 0.3 is 7.52 Å². The molecule has 0 fully saturated rings. The van der Waals surface area contributed by atoms with E-state index in [9.17, 15) is 4.57 Å². The van der Waals surface area contributed by atoms with E-state index in [1.165, 1.54) is 4.67 Å². The number of hydrogen-bond acceptors (Lipinski definition) is 3. The molecule has 5 heteroatoms. The lowest BCUT2D eigenvalue weighted by Crippen LogP contribution is -2.23. The standard InChI is InChI=1S/C10H21N2O2P/c1-5-6-7-8-14-15(13,9-11)12(4)10(2)3/h10H,5-8H2,1-4H3. The predicted molar refractivity (Wildman–Crippen MR) is 61.6 cm³/mol. The van der Waals surface area contributed by atoms with Crippen molar-refractivity contribution in [3.05, 3.63) is 0 Å². The second kappa shape index (κ2) is 7.00. The molecular weight excluding hydrogens is 211 g/mol. The molecule has 0 amide bonds. The maximum atomic E-state index is 12.0. The van der Waals surface area contributed by atoms with E-state index in [0.29, 0.717) is 6.61 Å². The Bertz CT molecular complexity index is 261. The minimum absolute atomic E-state index is 0.0432. The van der Waals surface area contributed by atoms with Crippen LogP contribution in [-0.4, -0.2) is 24.4 Å². The van der Waals surface area contributed by atoms with Gasteiger partial charge in [0.15, 0.2) is 5.81 Å². The summed E-state index contributed by atoms with van der Waals surface area (Å²) >= 11 is 0. The van der Waals surface area contributed by atoms with Crippen LogP contribution in [-0.2, 0) is 9.09 Å². The third-order valence-electron chi connectivity index (χ3n) is 2.30. The quantitative estimate of drug-likeness (QED) is 0.499. The highest BCUT2D eigenvalue weighted by Crippen LogP contribution is 2.49. The molecule has 0 aromatic heterocycles. The molecule has 0 aliphatic rings. The zero-order valence-corrected chi connectivity index (χ0v) is 11.0. The van der Waals surface area contributed by atoms with Crippen molar-refractivity contribution in [3.63, 3.8) is 0 Å². The first-order valence-electron chi connectivity index (χ1n) is 5.37. The summed E-state index contributed by atoms with van der Waals surface area (Å²) < 4.78 is 18.8. The van der Waals surface area contributed by atoms with Crippen LogP contribution < -0.4 is 0 Å². The molecule has 0 aliphatic carbocycles. The molecule has 15 heavy (non-hydrogen) atoms. The fourth-order valence-corrected chi connectivity index (χ4v) is 2.40. The smallest absolute Gasteiger partial charge is 0.307 e. The van der Waals surface area contributed by atoms with E-state index in [4.69, 9.17) is 9.79 Å². The first kappa shape index (κ1) is 14.6. The van der Waals surface area contributed by atoms with Crippen LogP contribution >= 0.6 is 7.52 Å². The number of unbranched alkanes of at least 4 members (excludes halogenated alkanes) is 2. The van der Waals surface area contributed by atoms with Crippen molar-refractivity contribution in [1.29, 1.82) is 5.26 Å². The highest BCUT2D eigenvalue weighted by molar-refractivity contribution is 7.61. The van der Waals surface area contributed by atoms with Crippen LogP contribution in [0.25, 0.3) is 0 Å². The Balaban J connectivity index is 4.22. The molecule has 0 aliphatic heterocycles. The lowest BCUT2D eigenvalue weighted by molar-refractivity contribution is 0.260. The molecule has 0 radical (unpaired) electrons. The van der Waals surface area contributed by atoms with Crippen LogP contribution in [0.15, 0.2) is 0 Å². The molecular formula is C10H21N2O2P. The Morgan fingerprint density at radius 3 is 2.47 bits per heavy atom. The molecule has 1 atom stereocenters. The van der Waals surface area contributed by atoms with E-state index >= 15 is 0 Å². The minimum Gasteiger partial charge on any atom is -0.307 e. The summed E-state index contributed by atoms with van der Waals surface area (Å²) in [5.41, 5.74) is 0. The zero-order chi connectivity index (χ0) is 11.9. The SMILES string of the molecule is CCCCCOP(=O)(C#N)N(C)C(C)C. The van der Waals surface area contributed by atoms with Crippen LogP contribution in [0.2, 0.25) is 0 Å². The maximum Gasteiger partial charge on any atom is 0.371 e. The third-order valence-corrected chi connectivity index (χ3v) is 4.38. The van der Waals surface area contributed by atoms with Gasteiger partial charge in [-0.1, -0.05) is 19.8 Å². The van der Waals surface area contributed by atoms with E-state index in [0.717, 1.165) is 19.3 Å². The lowest BCUT2D eigenvalue weighted by atomic mass is 10.3. The monoisotopic (exact) mass is 232 g/mol. The van der Waals surface area contributed by atoms with Gasteiger partial charge in [-0.15, -0.1) is 0 Å². The molecule has 4 nitrogen and oxygen atoms in total. The normalized spacial score (nSPS) is 15.3. The Labute approximate surface area is 92.7 Å². The van der Waals surface area contributed by atoms with E-state index in [-0.39, 0.29) is 6.04 Å². The van der Waals surface area contributed by atoms with Gasteiger partial charge in [-0.2, -0.15) is 5.26 Å². The summed E-state index contributed by atoms with van der Waals surface area (Å²) in [6.07, 6.45) is 2.98. The fraction of sp³-hybridized carbons (Fsp3) is 0.900. The van der Waals surface area contributed by atoms with Crippen molar-refractivity contribution in [2.45, 2.75) is 46.1 Å². The highest BCUT2D eigenvalue weighted by Gasteiger charge is 2.30. The number of rotatable bonds is 7. The molecule has 0 aromatic rings. The molecule has 0 bridgehead atoms. The summed E-state index contributed by atoms with van der Waals surface area (Å²) in [5.74, 6) is 1.80. The van der Waals surface area contributed by atoms with Gasteiger partial charge in [0.05, 0.1) is 6.61 Å². The number of nitrogens with zero attached hydrogens (tertiary/aromatic N) is 2. The molecule has 0 N–H and O–H groups in total. The van der Waals surface area contributed by atoms with Gasteiger partial charge in [0.2, 0.25) is 0 Å². The largest absolute Gasteiger partial charge is 0.371 e. The van der Waals surface area contributed by atoms with E-state index in [1.807, 2.05) is 13.8 Å². The van der Waals surface area contributed by atoms with Gasteiger partial charge in [-0.25, -0.2) is 4.67 Å². The van der Waals surface area contributed by atoms with Gasteiger partial charge < -0.3 is 4.52 Å². The Morgan fingerprint density at radius 1 is 1.47 bits per heavy atom. The van der Waals surface area contributed by atoms with Crippen molar-refractivity contribution in [3.8, 4) is 5.81 Å². The van der Waals surface area contributed by atoms with E-state index < -0.39 is 7.52 Å². The average molecular weight is 232 g/mol. The molecule has 0 spiro atoms. The first-order valence-corrected chi connectivity index (χ1v) is 6.95. The summed E-state index contributed by atoms with van der Waals surface area (Å²) in [7, 11) is -1.59. The summed E-state index contributed by atoms with van der Waals surface area (Å²) in [6.45, 7) is 6.26. The lowest BCUT2D eigenvalue weighted by Gasteiger charge is -2.25. The van der Waals surface area contributed by atoms with E-state index in [2.05, 4.69) is 6.92 Å². The van der Waals surface area contributed by atoms with Crippen molar-refractivity contribution in [1.82, 2.24) is 4.67 Å².